The van der Waals surface area contributed by atoms with Gasteiger partial charge in [0.1, 0.15) is 21.9 Å². The Kier molecular flexibility index (Phi) is 7.22. The number of nitrogens with zero attached hydrogens (tertiary/aromatic N) is 3. The molecule has 8 nitrogen and oxygen atoms in total. The molecule has 192 valence electrons. The molecule has 1 saturated carbocycles. The number of thiazole rings is 1. The van der Waals surface area contributed by atoms with E-state index in [0.29, 0.717) is 27.5 Å². The van der Waals surface area contributed by atoms with E-state index in [-0.39, 0.29) is 39.7 Å². The van der Waals surface area contributed by atoms with E-state index in [4.69, 9.17) is 16.3 Å². The van der Waals surface area contributed by atoms with Gasteiger partial charge in [0, 0.05) is 18.1 Å². The van der Waals surface area contributed by atoms with E-state index < -0.39 is 17.6 Å². The lowest BCUT2D eigenvalue weighted by Crippen LogP contribution is -2.14. The van der Waals surface area contributed by atoms with Crippen LogP contribution in [0, 0.1) is 23.1 Å². The molecule has 0 radical (unpaired) electrons. The molecular formula is C27H21ClFN5O3S. The maximum atomic E-state index is 14.6. The molecule has 0 saturated heterocycles. The number of ether oxygens (including phenoxy) is 1. The second kappa shape index (κ2) is 10.7. The minimum Gasteiger partial charge on any atom is -0.439 e. The molecule has 38 heavy (non-hydrogen) atoms. The van der Waals surface area contributed by atoms with Gasteiger partial charge in [0.05, 0.1) is 28.3 Å². The number of nitrogens with one attached hydrogen (secondary N) is 2. The van der Waals surface area contributed by atoms with Gasteiger partial charge in [-0.15, -0.1) is 0 Å². The molecular weight excluding hydrogens is 529 g/mol. The van der Waals surface area contributed by atoms with Crippen molar-refractivity contribution in [3.63, 3.8) is 0 Å². The highest BCUT2D eigenvalue weighted by molar-refractivity contribution is 7.21. The minimum absolute atomic E-state index is 0.0373. The Morgan fingerprint density at radius 3 is 2.76 bits per heavy atom. The summed E-state index contributed by atoms with van der Waals surface area (Å²) in [4.78, 5) is 34.3. The maximum absolute atomic E-state index is 14.6. The average molecular weight is 550 g/mol. The van der Waals surface area contributed by atoms with Crippen LogP contribution in [0.3, 0.4) is 0 Å². The molecule has 1 aliphatic rings. The van der Waals surface area contributed by atoms with Crippen LogP contribution in [0.2, 0.25) is 5.02 Å². The maximum Gasteiger partial charge on any atom is 0.257 e. The van der Waals surface area contributed by atoms with Gasteiger partial charge in [-0.1, -0.05) is 42.0 Å². The lowest BCUT2D eigenvalue weighted by atomic mass is 9.96. The van der Waals surface area contributed by atoms with Gasteiger partial charge >= 0.3 is 0 Å². The first-order chi connectivity index (χ1) is 18.4. The lowest BCUT2D eigenvalue weighted by molar-refractivity contribution is -0.117. The number of carbonyl (C=O) groups excluding carboxylic acids is 2. The highest BCUT2D eigenvalue weighted by atomic mass is 35.5. The molecule has 2 amide bonds. The molecule has 1 unspecified atom stereocenters. The number of anilines is 2. The lowest BCUT2D eigenvalue weighted by Gasteiger charge is -2.14. The Morgan fingerprint density at radius 1 is 1.21 bits per heavy atom. The molecule has 0 spiro atoms. The summed E-state index contributed by atoms with van der Waals surface area (Å²) in [7, 11) is 0. The number of carbonyl (C=O) groups is 2. The fourth-order valence-corrected chi connectivity index (χ4v) is 4.99. The molecule has 0 aliphatic heterocycles. The first-order valence-corrected chi connectivity index (χ1v) is 13.1. The Hall–Kier alpha value is -4.07. The van der Waals surface area contributed by atoms with Crippen LogP contribution in [-0.2, 0) is 4.79 Å². The average Bonchev–Trinajstić information content (AvgIpc) is 3.68. The van der Waals surface area contributed by atoms with E-state index in [1.807, 2.05) is 6.92 Å². The molecule has 0 bridgehead atoms. The van der Waals surface area contributed by atoms with Gasteiger partial charge in [-0.2, -0.15) is 5.26 Å². The van der Waals surface area contributed by atoms with Crippen molar-refractivity contribution in [3.05, 3.63) is 70.5 Å². The molecule has 5 rings (SSSR count). The zero-order valence-electron chi connectivity index (χ0n) is 20.1. The number of pyridine rings is 1. The molecule has 2 N–H and O–H groups in total. The number of halogens is 2. The van der Waals surface area contributed by atoms with E-state index in [9.17, 15) is 19.2 Å². The van der Waals surface area contributed by atoms with E-state index in [0.717, 1.165) is 12.8 Å². The fourth-order valence-electron chi connectivity index (χ4n) is 3.81. The van der Waals surface area contributed by atoms with Crippen molar-refractivity contribution < 1.29 is 18.7 Å². The summed E-state index contributed by atoms with van der Waals surface area (Å²) in [6.07, 6.45) is 2.33. The van der Waals surface area contributed by atoms with Crippen molar-refractivity contribution in [1.82, 2.24) is 9.97 Å². The van der Waals surface area contributed by atoms with Gasteiger partial charge in [-0.3, -0.25) is 9.59 Å². The summed E-state index contributed by atoms with van der Waals surface area (Å²) < 4.78 is 20.4. The summed E-state index contributed by atoms with van der Waals surface area (Å²) in [6.45, 7) is 1.85. The van der Waals surface area contributed by atoms with Crippen LogP contribution in [-0.4, -0.2) is 21.8 Å². The second-order valence-corrected chi connectivity index (χ2v) is 10.1. The monoisotopic (exact) mass is 549 g/mol. The first kappa shape index (κ1) is 25.6. The number of amides is 2. The van der Waals surface area contributed by atoms with Crippen LogP contribution in [0.4, 0.5) is 15.2 Å². The number of nitriles is 1. The summed E-state index contributed by atoms with van der Waals surface area (Å²) in [5.41, 5.74) is 1.18. The summed E-state index contributed by atoms with van der Waals surface area (Å²) >= 11 is 7.66. The Bertz CT molecular complexity index is 1600. The van der Waals surface area contributed by atoms with Crippen molar-refractivity contribution in [1.29, 1.82) is 5.26 Å². The van der Waals surface area contributed by atoms with E-state index >= 15 is 0 Å². The third-order valence-electron chi connectivity index (χ3n) is 6.03. The molecule has 4 aromatic rings. The van der Waals surface area contributed by atoms with Crippen molar-refractivity contribution >= 4 is 55.9 Å². The minimum atomic E-state index is -0.664. The standard InChI is InChI=1S/C27H21ClFN5O3S/c1-2-14(13-30)17-4-3-5-18(23(17)28)25(36)31-21-12-16(8-9-19(21)29)37-22-11-10-20-26(33-22)38-27(32-20)34-24(35)15-6-7-15/h3-5,8-12,14-15H,2,6-7H2,1H3,(H,31,36)(H,32,34,35). The van der Waals surface area contributed by atoms with Crippen LogP contribution < -0.4 is 15.4 Å². The zero-order chi connectivity index (χ0) is 26.8. The third kappa shape index (κ3) is 5.44. The topological polar surface area (TPSA) is 117 Å². The Balaban J connectivity index is 1.33. The molecule has 11 heteroatoms. The predicted molar refractivity (Wildman–Crippen MR) is 143 cm³/mol. The molecule has 2 heterocycles. The molecule has 1 atom stereocenters. The highest BCUT2D eigenvalue weighted by Crippen LogP contribution is 2.34. The zero-order valence-corrected chi connectivity index (χ0v) is 21.7. The van der Waals surface area contributed by atoms with E-state index in [2.05, 4.69) is 26.7 Å². The van der Waals surface area contributed by atoms with Crippen molar-refractivity contribution in [2.24, 2.45) is 5.92 Å². The smallest absolute Gasteiger partial charge is 0.257 e. The molecule has 1 aliphatic carbocycles. The number of rotatable bonds is 8. The van der Waals surface area contributed by atoms with Gasteiger partial charge in [0.25, 0.3) is 5.91 Å². The molecule has 1 fully saturated rings. The van der Waals surface area contributed by atoms with Gasteiger partial charge < -0.3 is 15.4 Å². The predicted octanol–water partition coefficient (Wildman–Crippen LogP) is 6.89. The van der Waals surface area contributed by atoms with Crippen LogP contribution >= 0.6 is 22.9 Å². The second-order valence-electron chi connectivity index (χ2n) is 8.75. The van der Waals surface area contributed by atoms with Gasteiger partial charge in [-0.25, -0.2) is 14.4 Å². The number of benzene rings is 2. The summed E-state index contributed by atoms with van der Waals surface area (Å²) in [6, 6.07) is 14.3. The van der Waals surface area contributed by atoms with Crippen molar-refractivity contribution in [2.45, 2.75) is 32.1 Å². The van der Waals surface area contributed by atoms with Gasteiger partial charge in [0.2, 0.25) is 11.8 Å². The number of fused-ring (bicyclic) bond motifs is 1. The highest BCUT2D eigenvalue weighted by Gasteiger charge is 2.30. The van der Waals surface area contributed by atoms with Crippen molar-refractivity contribution in [2.75, 3.05) is 10.6 Å². The van der Waals surface area contributed by atoms with Crippen LogP contribution in [0.5, 0.6) is 11.6 Å². The van der Waals surface area contributed by atoms with Gasteiger partial charge in [0.15, 0.2) is 5.13 Å². The quantitative estimate of drug-likeness (QED) is 0.247. The number of hydrogen-bond acceptors (Lipinski definition) is 7. The summed E-state index contributed by atoms with van der Waals surface area (Å²) in [5, 5.41) is 15.3. The Labute approximate surface area is 226 Å². The third-order valence-corrected chi connectivity index (χ3v) is 7.33. The van der Waals surface area contributed by atoms with Crippen LogP contribution in [0.15, 0.2) is 48.5 Å². The Morgan fingerprint density at radius 2 is 2.03 bits per heavy atom. The van der Waals surface area contributed by atoms with E-state index in [1.165, 1.54) is 35.6 Å². The van der Waals surface area contributed by atoms with E-state index in [1.54, 1.807) is 24.3 Å². The SMILES string of the molecule is CCC(C#N)c1cccc(C(=O)Nc2cc(Oc3ccc4nc(NC(=O)C5CC5)sc4n3)ccc2F)c1Cl. The molecule has 2 aromatic heterocycles. The van der Waals surface area contributed by atoms with Gasteiger partial charge in [-0.05, 0) is 49.1 Å². The van der Waals surface area contributed by atoms with Crippen molar-refractivity contribution in [3.8, 4) is 17.7 Å². The van der Waals surface area contributed by atoms with Crippen LogP contribution in [0.25, 0.3) is 10.3 Å². The number of hydrogen-bond donors (Lipinski definition) is 2. The normalized spacial score (nSPS) is 13.5. The number of aromatic nitrogens is 2. The van der Waals surface area contributed by atoms with Crippen LogP contribution in [0.1, 0.15) is 48.0 Å². The molecule has 2 aromatic carbocycles. The first-order valence-electron chi connectivity index (χ1n) is 11.9. The summed E-state index contributed by atoms with van der Waals surface area (Å²) in [5.74, 6) is -1.23. The fraction of sp³-hybridized carbons (Fsp3) is 0.222. The largest absolute Gasteiger partial charge is 0.439 e.